The number of furan rings is 1. The molecule has 2 aromatic heterocycles. The van der Waals surface area contributed by atoms with Gasteiger partial charge in [0.05, 0.1) is 12.3 Å². The van der Waals surface area contributed by atoms with Gasteiger partial charge >= 0.3 is 0 Å². The first kappa shape index (κ1) is 10.5. The quantitative estimate of drug-likeness (QED) is 0.857. The monoisotopic (exact) mass is 230 g/mol. The van der Waals surface area contributed by atoms with Crippen LogP contribution in [0, 0.1) is 13.8 Å². The van der Waals surface area contributed by atoms with E-state index in [1.54, 1.807) is 6.26 Å². The Morgan fingerprint density at radius 3 is 2.76 bits per heavy atom. The van der Waals surface area contributed by atoms with Crippen LogP contribution in [0.5, 0.6) is 0 Å². The molecule has 3 nitrogen and oxygen atoms in total. The highest BCUT2D eigenvalue weighted by Gasteiger charge is 2.23. The van der Waals surface area contributed by atoms with Gasteiger partial charge in [0.2, 0.25) is 0 Å². The topological polar surface area (TPSA) is 30.1 Å². The summed E-state index contributed by atoms with van der Waals surface area (Å²) in [6, 6.07) is 6.76. The third-order valence-electron chi connectivity index (χ3n) is 3.61. The third-order valence-corrected chi connectivity index (χ3v) is 3.61. The maximum atomic E-state index is 5.52. The maximum absolute atomic E-state index is 5.52. The molecule has 1 aliphatic rings. The molecule has 0 saturated heterocycles. The Hall–Kier alpha value is -1.64. The molecule has 3 rings (SSSR count). The molecule has 0 bridgehead atoms. The Balaban J connectivity index is 1.89. The van der Waals surface area contributed by atoms with E-state index in [-0.39, 0.29) is 0 Å². The van der Waals surface area contributed by atoms with Gasteiger partial charge in [0, 0.05) is 23.4 Å². The van der Waals surface area contributed by atoms with E-state index in [0.29, 0.717) is 6.04 Å². The highest BCUT2D eigenvalue weighted by Crippen LogP contribution is 2.31. The van der Waals surface area contributed by atoms with Crippen molar-refractivity contribution in [3.8, 4) is 0 Å². The van der Waals surface area contributed by atoms with Crippen LogP contribution in [0.1, 0.15) is 41.6 Å². The molecule has 0 spiro atoms. The lowest BCUT2D eigenvalue weighted by molar-refractivity contribution is 0.450. The first-order valence-corrected chi connectivity index (χ1v) is 6.23. The smallest absolute Gasteiger partial charge is 0.109 e. The molecule has 2 aromatic rings. The summed E-state index contributed by atoms with van der Waals surface area (Å²) in [6.07, 6.45) is 5.24. The fourth-order valence-electron chi connectivity index (χ4n) is 2.65. The van der Waals surface area contributed by atoms with Crippen molar-refractivity contribution in [1.29, 1.82) is 0 Å². The normalized spacial score (nSPS) is 19.1. The molecule has 0 aromatic carbocycles. The number of aromatic nitrogens is 1. The predicted octanol–water partition coefficient (Wildman–Crippen LogP) is 3.32. The first-order chi connectivity index (χ1) is 8.25. The molecule has 1 atom stereocenters. The van der Waals surface area contributed by atoms with Gasteiger partial charge in [-0.25, -0.2) is 0 Å². The van der Waals surface area contributed by atoms with Crippen LogP contribution in [0.4, 0.5) is 0 Å². The zero-order valence-electron chi connectivity index (χ0n) is 10.4. The van der Waals surface area contributed by atoms with E-state index < -0.39 is 0 Å². The van der Waals surface area contributed by atoms with Gasteiger partial charge in [-0.1, -0.05) is 0 Å². The van der Waals surface area contributed by atoms with E-state index in [4.69, 9.17) is 4.42 Å². The van der Waals surface area contributed by atoms with Gasteiger partial charge in [0.1, 0.15) is 5.76 Å². The van der Waals surface area contributed by atoms with Crippen molar-refractivity contribution in [3.63, 3.8) is 0 Å². The molecule has 2 heterocycles. The van der Waals surface area contributed by atoms with Crippen molar-refractivity contribution >= 4 is 0 Å². The minimum atomic E-state index is 0.377. The lowest BCUT2D eigenvalue weighted by Crippen LogP contribution is -2.25. The SMILES string of the molecule is Cc1ccc(C)n1NC1CCCc2occc21. The van der Waals surface area contributed by atoms with Crippen LogP contribution in [-0.4, -0.2) is 4.68 Å². The molecule has 0 saturated carbocycles. The minimum absolute atomic E-state index is 0.377. The van der Waals surface area contributed by atoms with Crippen LogP contribution in [0.3, 0.4) is 0 Å². The standard InChI is InChI=1S/C14H18N2O/c1-10-6-7-11(2)16(10)15-13-4-3-5-14-12(13)8-9-17-14/h6-9,13,15H,3-5H2,1-2H3. The van der Waals surface area contributed by atoms with Crippen LogP contribution in [-0.2, 0) is 6.42 Å². The number of rotatable bonds is 2. The van der Waals surface area contributed by atoms with Crippen molar-refractivity contribution in [2.45, 2.75) is 39.2 Å². The zero-order chi connectivity index (χ0) is 11.8. The number of hydrogen-bond donors (Lipinski definition) is 1. The molecule has 0 amide bonds. The first-order valence-electron chi connectivity index (χ1n) is 6.23. The molecule has 90 valence electrons. The lowest BCUT2D eigenvalue weighted by atomic mass is 9.94. The molecule has 0 radical (unpaired) electrons. The van der Waals surface area contributed by atoms with Gasteiger partial charge in [-0.3, -0.25) is 4.68 Å². The second-order valence-electron chi connectivity index (χ2n) is 4.82. The average Bonchev–Trinajstić information content (AvgIpc) is 2.91. The number of nitrogens with one attached hydrogen (secondary N) is 1. The Kier molecular flexibility index (Phi) is 2.46. The Morgan fingerprint density at radius 2 is 2.00 bits per heavy atom. The maximum Gasteiger partial charge on any atom is 0.109 e. The van der Waals surface area contributed by atoms with Crippen LogP contribution in [0.25, 0.3) is 0 Å². The fraction of sp³-hybridized carbons (Fsp3) is 0.429. The molecule has 1 unspecified atom stereocenters. The molecule has 17 heavy (non-hydrogen) atoms. The second kappa shape index (κ2) is 3.99. The van der Waals surface area contributed by atoms with Gasteiger partial charge < -0.3 is 9.84 Å². The van der Waals surface area contributed by atoms with Crippen LogP contribution >= 0.6 is 0 Å². The average molecular weight is 230 g/mol. The van der Waals surface area contributed by atoms with E-state index in [1.807, 2.05) is 0 Å². The number of nitrogens with zero attached hydrogens (tertiary/aromatic N) is 1. The minimum Gasteiger partial charge on any atom is -0.469 e. The van der Waals surface area contributed by atoms with Crippen molar-refractivity contribution in [1.82, 2.24) is 4.68 Å². The van der Waals surface area contributed by atoms with Crippen LogP contribution in [0.2, 0.25) is 0 Å². The molecule has 3 heteroatoms. The fourth-order valence-corrected chi connectivity index (χ4v) is 2.65. The van der Waals surface area contributed by atoms with Gasteiger partial charge in [0.15, 0.2) is 0 Å². The van der Waals surface area contributed by atoms with Crippen LogP contribution < -0.4 is 5.43 Å². The summed E-state index contributed by atoms with van der Waals surface area (Å²) in [5.41, 5.74) is 7.42. The van der Waals surface area contributed by atoms with E-state index in [1.165, 1.54) is 29.8 Å². The molecule has 0 fully saturated rings. The summed E-state index contributed by atoms with van der Waals surface area (Å²) >= 11 is 0. The lowest BCUT2D eigenvalue weighted by Gasteiger charge is -2.26. The molecule has 0 aliphatic heterocycles. The Bertz CT molecular complexity index is 505. The molecule has 1 aliphatic carbocycles. The van der Waals surface area contributed by atoms with E-state index in [9.17, 15) is 0 Å². The van der Waals surface area contributed by atoms with Gasteiger partial charge in [-0.15, -0.1) is 0 Å². The van der Waals surface area contributed by atoms with Crippen molar-refractivity contribution in [3.05, 3.63) is 47.2 Å². The third kappa shape index (κ3) is 1.75. The molecular weight excluding hydrogens is 212 g/mol. The summed E-state index contributed by atoms with van der Waals surface area (Å²) in [6.45, 7) is 4.25. The van der Waals surface area contributed by atoms with Crippen molar-refractivity contribution in [2.75, 3.05) is 5.43 Å². The Morgan fingerprint density at radius 1 is 1.24 bits per heavy atom. The summed E-state index contributed by atoms with van der Waals surface area (Å²) in [5, 5.41) is 0. The van der Waals surface area contributed by atoms with E-state index in [2.05, 4.69) is 42.1 Å². The summed E-state index contributed by atoms with van der Waals surface area (Å²) in [4.78, 5) is 0. The number of fused-ring (bicyclic) bond motifs is 1. The Labute approximate surface area is 101 Å². The van der Waals surface area contributed by atoms with E-state index >= 15 is 0 Å². The predicted molar refractivity (Wildman–Crippen MR) is 67.7 cm³/mol. The molecular formula is C14H18N2O. The highest BCUT2D eigenvalue weighted by molar-refractivity contribution is 5.27. The van der Waals surface area contributed by atoms with Crippen molar-refractivity contribution in [2.24, 2.45) is 0 Å². The van der Waals surface area contributed by atoms with Gasteiger partial charge in [0.25, 0.3) is 0 Å². The number of hydrogen-bond acceptors (Lipinski definition) is 2. The largest absolute Gasteiger partial charge is 0.469 e. The van der Waals surface area contributed by atoms with E-state index in [0.717, 1.165) is 12.2 Å². The van der Waals surface area contributed by atoms with Crippen LogP contribution in [0.15, 0.2) is 28.9 Å². The summed E-state index contributed by atoms with van der Waals surface area (Å²) in [5.74, 6) is 1.15. The summed E-state index contributed by atoms with van der Waals surface area (Å²) in [7, 11) is 0. The second-order valence-corrected chi connectivity index (χ2v) is 4.82. The van der Waals surface area contributed by atoms with Crippen molar-refractivity contribution < 1.29 is 4.42 Å². The highest BCUT2D eigenvalue weighted by atomic mass is 16.3. The van der Waals surface area contributed by atoms with Gasteiger partial charge in [-0.05, 0) is 44.9 Å². The zero-order valence-corrected chi connectivity index (χ0v) is 10.4. The van der Waals surface area contributed by atoms with Gasteiger partial charge in [-0.2, -0.15) is 0 Å². The molecule has 1 N–H and O–H groups in total. The number of aryl methyl sites for hydroxylation is 3. The summed E-state index contributed by atoms with van der Waals surface area (Å²) < 4.78 is 7.69.